The number of amides is 1. The molecule has 1 atom stereocenters. The number of thioether (sulfide) groups is 1. The molecule has 6 rings (SSSR count). The van der Waals surface area contributed by atoms with Gasteiger partial charge in [0.05, 0.1) is 11.4 Å². The first-order valence-electron chi connectivity index (χ1n) is 12.7. The average molecular weight is 552 g/mol. The number of hydrazone groups is 1. The van der Waals surface area contributed by atoms with Gasteiger partial charge in [0.2, 0.25) is 5.96 Å². The third kappa shape index (κ3) is 5.81. The first-order chi connectivity index (χ1) is 18.5. The number of carbonyl (C=O) groups is 1. The molecular weight excluding hydrogens is 522 g/mol. The molecular formula is C27H30ClN7O2S. The summed E-state index contributed by atoms with van der Waals surface area (Å²) in [5.41, 5.74) is 3.51. The molecule has 198 valence electrons. The van der Waals surface area contributed by atoms with Gasteiger partial charge in [0.25, 0.3) is 5.91 Å². The second kappa shape index (κ2) is 11.5. The second-order valence-corrected chi connectivity index (χ2v) is 10.3. The standard InChI is InChI=1S/C25H24ClN7O2S.C2H6/c1-33-13-36-25(32-33)30-22(34)20-18(12-14-10-11-14)27-23(29-21(20)15-6-2-3-7-16(15)26)31-24-28-17-8-4-5-9-19(17)35-24;1-2/h2-9,14,21H,10-13H2,1H3,(H,30,32,34)(H2,27,28,29,31);1-2H3. The van der Waals surface area contributed by atoms with Crippen molar-refractivity contribution in [1.29, 1.82) is 0 Å². The van der Waals surface area contributed by atoms with Crippen LogP contribution in [0.5, 0.6) is 0 Å². The lowest BCUT2D eigenvalue weighted by Gasteiger charge is -2.28. The van der Waals surface area contributed by atoms with Crippen LogP contribution in [-0.4, -0.2) is 40.0 Å². The number of carbonyl (C=O) groups excluding carboxylic acids is 1. The predicted octanol–water partition coefficient (Wildman–Crippen LogP) is 5.70. The highest BCUT2D eigenvalue weighted by Gasteiger charge is 2.35. The van der Waals surface area contributed by atoms with Gasteiger partial charge >= 0.3 is 6.01 Å². The van der Waals surface area contributed by atoms with Gasteiger partial charge in [0.15, 0.2) is 10.8 Å². The monoisotopic (exact) mass is 551 g/mol. The maximum absolute atomic E-state index is 13.7. The second-order valence-electron chi connectivity index (χ2n) is 8.97. The molecule has 1 aliphatic carbocycles. The van der Waals surface area contributed by atoms with Crippen molar-refractivity contribution in [3.8, 4) is 0 Å². The lowest BCUT2D eigenvalue weighted by Crippen LogP contribution is -2.41. The van der Waals surface area contributed by atoms with Crippen LogP contribution in [0.25, 0.3) is 11.1 Å². The van der Waals surface area contributed by atoms with Crippen molar-refractivity contribution in [3.63, 3.8) is 0 Å². The van der Waals surface area contributed by atoms with E-state index >= 15 is 0 Å². The molecule has 1 unspecified atom stereocenters. The van der Waals surface area contributed by atoms with Gasteiger partial charge in [-0.2, -0.15) is 10.1 Å². The smallest absolute Gasteiger partial charge is 0.302 e. The Morgan fingerprint density at radius 2 is 1.95 bits per heavy atom. The topological polar surface area (TPSA) is 107 Å². The highest BCUT2D eigenvalue weighted by atomic mass is 35.5. The quantitative estimate of drug-likeness (QED) is 0.373. The number of aliphatic imine (C=N–C) groups is 1. The van der Waals surface area contributed by atoms with Crippen molar-refractivity contribution < 1.29 is 9.21 Å². The number of rotatable bonds is 5. The summed E-state index contributed by atoms with van der Waals surface area (Å²) in [6.45, 7) is 4.00. The fraction of sp³-hybridized carbons (Fsp3) is 0.333. The van der Waals surface area contributed by atoms with E-state index in [9.17, 15) is 4.79 Å². The van der Waals surface area contributed by atoms with Crippen molar-refractivity contribution >= 4 is 57.5 Å². The first kappa shape index (κ1) is 26.1. The lowest BCUT2D eigenvalue weighted by atomic mass is 9.93. The third-order valence-corrected chi connectivity index (χ3v) is 7.45. The van der Waals surface area contributed by atoms with Gasteiger partial charge in [0.1, 0.15) is 11.6 Å². The van der Waals surface area contributed by atoms with Crippen molar-refractivity contribution in [2.24, 2.45) is 16.0 Å². The largest absolute Gasteiger partial charge is 0.423 e. The number of allylic oxidation sites excluding steroid dienone is 1. The van der Waals surface area contributed by atoms with Crippen LogP contribution in [0.2, 0.25) is 5.02 Å². The Morgan fingerprint density at radius 3 is 2.66 bits per heavy atom. The van der Waals surface area contributed by atoms with Crippen LogP contribution in [-0.2, 0) is 4.79 Å². The Labute approximate surface area is 230 Å². The Bertz CT molecular complexity index is 1400. The number of nitrogens with one attached hydrogen (secondary N) is 3. The first-order valence-corrected chi connectivity index (χ1v) is 14.1. The summed E-state index contributed by atoms with van der Waals surface area (Å²) in [4.78, 5) is 23.1. The highest BCUT2D eigenvalue weighted by Crippen LogP contribution is 2.40. The minimum Gasteiger partial charge on any atom is -0.423 e. The molecule has 3 N–H and O–H groups in total. The molecule has 2 aliphatic heterocycles. The fourth-order valence-corrected chi connectivity index (χ4v) is 5.21. The van der Waals surface area contributed by atoms with Gasteiger partial charge in [-0.25, -0.2) is 4.99 Å². The number of aromatic nitrogens is 1. The molecule has 1 saturated carbocycles. The van der Waals surface area contributed by atoms with Crippen LogP contribution >= 0.6 is 23.4 Å². The SMILES string of the molecule is CC.CN1CSC(NC(=O)C2=C(CC3CC3)NC(Nc3nc4ccccc4o3)=NC2c2ccccc2Cl)=N1. The van der Waals surface area contributed by atoms with E-state index in [1.807, 2.05) is 69.4 Å². The third-order valence-electron chi connectivity index (χ3n) is 6.15. The van der Waals surface area contributed by atoms with E-state index in [-0.39, 0.29) is 5.91 Å². The molecule has 0 radical (unpaired) electrons. The number of hydrogen-bond acceptors (Lipinski definition) is 9. The van der Waals surface area contributed by atoms with Crippen LogP contribution in [0, 0.1) is 5.92 Å². The van der Waals surface area contributed by atoms with E-state index in [1.54, 1.807) is 5.01 Å². The molecule has 0 saturated heterocycles. The van der Waals surface area contributed by atoms with E-state index in [4.69, 9.17) is 21.0 Å². The zero-order valence-corrected chi connectivity index (χ0v) is 23.1. The van der Waals surface area contributed by atoms with Gasteiger partial charge in [-0.1, -0.05) is 67.5 Å². The van der Waals surface area contributed by atoms with Crippen molar-refractivity contribution in [2.75, 3.05) is 18.2 Å². The van der Waals surface area contributed by atoms with Crippen molar-refractivity contribution in [2.45, 2.75) is 39.2 Å². The van der Waals surface area contributed by atoms with E-state index in [2.05, 4.69) is 26.0 Å². The molecule has 2 aromatic carbocycles. The zero-order valence-electron chi connectivity index (χ0n) is 21.5. The fourth-order valence-electron chi connectivity index (χ4n) is 4.24. The number of benzene rings is 2. The number of hydrogen-bond donors (Lipinski definition) is 3. The van der Waals surface area contributed by atoms with Crippen LogP contribution in [0.3, 0.4) is 0 Å². The minimum absolute atomic E-state index is 0.241. The Kier molecular flexibility index (Phi) is 7.90. The average Bonchev–Trinajstić information content (AvgIpc) is 3.49. The summed E-state index contributed by atoms with van der Waals surface area (Å²) < 4.78 is 5.85. The van der Waals surface area contributed by atoms with E-state index in [1.165, 1.54) is 11.8 Å². The number of amidine groups is 1. The van der Waals surface area contributed by atoms with Gasteiger partial charge < -0.3 is 9.73 Å². The maximum atomic E-state index is 13.7. The van der Waals surface area contributed by atoms with Crippen molar-refractivity contribution in [1.82, 2.24) is 20.6 Å². The summed E-state index contributed by atoms with van der Waals surface area (Å²) in [5.74, 6) is 1.42. The number of oxazole rings is 1. The summed E-state index contributed by atoms with van der Waals surface area (Å²) in [6, 6.07) is 14.7. The van der Waals surface area contributed by atoms with Crippen LogP contribution in [0.15, 0.2) is 74.3 Å². The molecule has 3 heterocycles. The van der Waals surface area contributed by atoms with E-state index in [0.717, 1.165) is 36.0 Å². The number of anilines is 1. The van der Waals surface area contributed by atoms with Crippen molar-refractivity contribution in [3.05, 3.63) is 70.4 Å². The number of para-hydroxylation sites is 2. The van der Waals surface area contributed by atoms with Gasteiger partial charge in [-0.15, -0.1) is 0 Å². The van der Waals surface area contributed by atoms with Gasteiger partial charge in [-0.3, -0.25) is 20.4 Å². The molecule has 0 bridgehead atoms. The molecule has 3 aliphatic rings. The number of nitrogens with zero attached hydrogens (tertiary/aromatic N) is 4. The molecule has 1 aromatic heterocycles. The Hall–Kier alpha value is -3.50. The van der Waals surface area contributed by atoms with Gasteiger partial charge in [-0.05, 0) is 43.4 Å². The zero-order chi connectivity index (χ0) is 26.6. The van der Waals surface area contributed by atoms with Crippen LogP contribution < -0.4 is 16.0 Å². The number of guanidine groups is 1. The Morgan fingerprint density at radius 1 is 1.18 bits per heavy atom. The minimum atomic E-state index is -0.620. The molecule has 11 heteroatoms. The predicted molar refractivity (Wildman–Crippen MR) is 154 cm³/mol. The highest BCUT2D eigenvalue weighted by molar-refractivity contribution is 8.14. The molecule has 1 fully saturated rings. The molecule has 3 aromatic rings. The lowest BCUT2D eigenvalue weighted by molar-refractivity contribution is -0.116. The summed E-state index contributed by atoms with van der Waals surface area (Å²) in [6.07, 6.45) is 3.00. The molecule has 38 heavy (non-hydrogen) atoms. The summed E-state index contributed by atoms with van der Waals surface area (Å²) >= 11 is 8.10. The number of fused-ring (bicyclic) bond motifs is 1. The molecule has 1 amide bonds. The molecule has 0 spiro atoms. The normalized spacial score (nSPS) is 18.8. The Balaban J connectivity index is 0.00000144. The summed E-state index contributed by atoms with van der Waals surface area (Å²) in [5, 5.41) is 16.8. The summed E-state index contributed by atoms with van der Waals surface area (Å²) in [7, 11) is 1.87. The van der Waals surface area contributed by atoms with E-state index < -0.39 is 6.04 Å². The van der Waals surface area contributed by atoms with Gasteiger partial charge in [0, 0.05) is 23.3 Å². The molecule has 9 nitrogen and oxygen atoms in total. The van der Waals surface area contributed by atoms with Crippen LogP contribution in [0.1, 0.15) is 44.7 Å². The maximum Gasteiger partial charge on any atom is 0.302 e. The van der Waals surface area contributed by atoms with E-state index in [0.29, 0.717) is 45.1 Å². The van der Waals surface area contributed by atoms with Crippen LogP contribution in [0.4, 0.5) is 6.01 Å². The number of halogens is 1.